The Morgan fingerprint density at radius 3 is 2.15 bits per heavy atom. The lowest BCUT2D eigenvalue weighted by atomic mass is 10.2. The number of hydrogen-bond acceptors (Lipinski definition) is 3. The van der Waals surface area contributed by atoms with Crippen LogP contribution in [0.4, 0.5) is 24.5 Å². The van der Waals surface area contributed by atoms with Gasteiger partial charge in [-0.1, -0.05) is 18.2 Å². The van der Waals surface area contributed by atoms with Crippen molar-refractivity contribution in [3.05, 3.63) is 60.2 Å². The number of para-hydroxylation sites is 1. The molecule has 0 unspecified atom stereocenters. The highest BCUT2D eigenvalue weighted by atomic mass is 32.2. The smallest absolute Gasteiger partial charge is 0.326 e. The Hall–Kier alpha value is -2.55. The number of rotatable bonds is 7. The normalized spacial score (nSPS) is 11.9. The Bertz CT molecular complexity index is 867. The van der Waals surface area contributed by atoms with Gasteiger partial charge in [-0.2, -0.15) is 13.2 Å². The second-order valence-corrected chi connectivity index (χ2v) is 7.80. The van der Waals surface area contributed by atoms with Gasteiger partial charge in [-0.3, -0.25) is 9.10 Å². The number of carbonyl (C=O) groups is 1. The molecule has 0 aliphatic rings. The number of halogens is 3. The van der Waals surface area contributed by atoms with Crippen LogP contribution in [0, 0.1) is 0 Å². The first-order chi connectivity index (χ1) is 12.6. The first kappa shape index (κ1) is 20.8. The van der Waals surface area contributed by atoms with E-state index in [4.69, 9.17) is 0 Å². The minimum Gasteiger partial charge on any atom is -0.326 e. The lowest BCUT2D eigenvalue weighted by Crippen LogP contribution is -2.31. The van der Waals surface area contributed by atoms with Crippen LogP contribution < -0.4 is 9.62 Å². The fraction of sp³-hybridized carbons (Fsp3) is 0.278. The molecule has 2 aromatic rings. The third-order valence-electron chi connectivity index (χ3n) is 3.71. The van der Waals surface area contributed by atoms with Crippen LogP contribution in [-0.4, -0.2) is 27.1 Å². The van der Waals surface area contributed by atoms with E-state index in [1.165, 1.54) is 16.4 Å². The van der Waals surface area contributed by atoms with E-state index in [0.29, 0.717) is 5.69 Å². The molecule has 0 aromatic heterocycles. The molecule has 0 bridgehead atoms. The summed E-state index contributed by atoms with van der Waals surface area (Å²) in [6.45, 7) is 0.114. The van der Waals surface area contributed by atoms with E-state index in [-0.39, 0.29) is 25.1 Å². The van der Waals surface area contributed by atoms with Crippen LogP contribution in [0.3, 0.4) is 0 Å². The summed E-state index contributed by atoms with van der Waals surface area (Å²) in [6.07, 6.45) is -3.06. The van der Waals surface area contributed by atoms with Gasteiger partial charge < -0.3 is 5.32 Å². The fourth-order valence-electron chi connectivity index (χ4n) is 2.43. The van der Waals surface area contributed by atoms with E-state index in [1.54, 1.807) is 30.3 Å². The van der Waals surface area contributed by atoms with Gasteiger partial charge in [-0.25, -0.2) is 8.42 Å². The molecule has 1 N–H and O–H groups in total. The van der Waals surface area contributed by atoms with Crippen LogP contribution in [0.2, 0.25) is 0 Å². The van der Waals surface area contributed by atoms with Crippen molar-refractivity contribution < 1.29 is 26.4 Å². The van der Waals surface area contributed by atoms with Crippen LogP contribution in [0.5, 0.6) is 0 Å². The van der Waals surface area contributed by atoms with Gasteiger partial charge in [0.1, 0.15) is 0 Å². The predicted octanol–water partition coefficient (Wildman–Crippen LogP) is 3.89. The molecule has 2 rings (SSSR count). The van der Waals surface area contributed by atoms with E-state index in [1.807, 2.05) is 0 Å². The van der Waals surface area contributed by atoms with E-state index in [9.17, 15) is 26.4 Å². The van der Waals surface area contributed by atoms with E-state index >= 15 is 0 Å². The number of nitrogens with one attached hydrogen (secondary N) is 1. The Balaban J connectivity index is 1.91. The lowest BCUT2D eigenvalue weighted by molar-refractivity contribution is -0.137. The molecular weight excluding hydrogens is 381 g/mol. The maximum atomic E-state index is 12.5. The molecule has 0 atom stereocenters. The molecule has 146 valence electrons. The molecule has 0 radical (unpaired) electrons. The van der Waals surface area contributed by atoms with Crippen molar-refractivity contribution in [1.29, 1.82) is 0 Å². The van der Waals surface area contributed by atoms with Crippen molar-refractivity contribution in [2.24, 2.45) is 0 Å². The highest BCUT2D eigenvalue weighted by Gasteiger charge is 2.30. The number of nitrogens with zero attached hydrogens (tertiary/aromatic N) is 1. The summed E-state index contributed by atoms with van der Waals surface area (Å²) in [5.74, 6) is -0.406. The van der Waals surface area contributed by atoms with Gasteiger partial charge in [0.15, 0.2) is 0 Å². The number of hydrogen-bond donors (Lipinski definition) is 1. The SMILES string of the molecule is CS(=O)(=O)N(CCCC(=O)Nc1ccc(C(F)(F)F)cc1)c1ccccc1. The third kappa shape index (κ3) is 6.28. The summed E-state index contributed by atoms with van der Waals surface area (Å²) in [7, 11) is -3.50. The molecule has 0 aliphatic carbocycles. The summed E-state index contributed by atoms with van der Waals surface area (Å²) < 4.78 is 62.7. The minimum atomic E-state index is -4.44. The second-order valence-electron chi connectivity index (χ2n) is 5.90. The summed E-state index contributed by atoms with van der Waals surface area (Å²) in [5, 5.41) is 2.50. The van der Waals surface area contributed by atoms with Crippen molar-refractivity contribution >= 4 is 27.3 Å². The van der Waals surface area contributed by atoms with Crippen LogP contribution in [0.25, 0.3) is 0 Å². The molecule has 0 spiro atoms. The number of alkyl halides is 3. The summed E-state index contributed by atoms with van der Waals surface area (Å²) in [4.78, 5) is 12.0. The van der Waals surface area contributed by atoms with Gasteiger partial charge in [-0.05, 0) is 42.8 Å². The van der Waals surface area contributed by atoms with Crippen molar-refractivity contribution in [2.75, 3.05) is 22.4 Å². The quantitative estimate of drug-likeness (QED) is 0.767. The number of carbonyl (C=O) groups excluding carboxylic acids is 1. The van der Waals surface area contributed by atoms with Gasteiger partial charge in [0.25, 0.3) is 0 Å². The lowest BCUT2D eigenvalue weighted by Gasteiger charge is -2.22. The molecule has 2 aromatic carbocycles. The van der Waals surface area contributed by atoms with Crippen LogP contribution in [-0.2, 0) is 21.0 Å². The summed E-state index contributed by atoms with van der Waals surface area (Å²) in [6, 6.07) is 12.6. The highest BCUT2D eigenvalue weighted by Crippen LogP contribution is 2.29. The number of sulfonamides is 1. The molecule has 0 saturated carbocycles. The number of benzene rings is 2. The van der Waals surface area contributed by atoms with Gasteiger partial charge in [0, 0.05) is 18.7 Å². The summed E-state index contributed by atoms with van der Waals surface area (Å²) >= 11 is 0. The van der Waals surface area contributed by atoms with Gasteiger partial charge in [0.05, 0.1) is 17.5 Å². The van der Waals surface area contributed by atoms with Gasteiger partial charge in [0.2, 0.25) is 15.9 Å². The van der Waals surface area contributed by atoms with Crippen LogP contribution in [0.15, 0.2) is 54.6 Å². The Morgan fingerprint density at radius 1 is 1.04 bits per heavy atom. The van der Waals surface area contributed by atoms with E-state index in [0.717, 1.165) is 18.4 Å². The zero-order chi connectivity index (χ0) is 20.1. The average Bonchev–Trinajstić information content (AvgIpc) is 2.58. The standard InChI is InChI=1S/C18H19F3N2O3S/c1-27(25,26)23(16-6-3-2-4-7-16)13-5-8-17(24)22-15-11-9-14(10-12-15)18(19,20)21/h2-4,6-7,9-12H,5,8,13H2,1H3,(H,22,24). The zero-order valence-corrected chi connectivity index (χ0v) is 15.3. The molecule has 0 saturated heterocycles. The second kappa shape index (κ2) is 8.43. The van der Waals surface area contributed by atoms with Crippen molar-refractivity contribution in [3.63, 3.8) is 0 Å². The van der Waals surface area contributed by atoms with Crippen molar-refractivity contribution in [2.45, 2.75) is 19.0 Å². The van der Waals surface area contributed by atoms with E-state index in [2.05, 4.69) is 5.32 Å². The van der Waals surface area contributed by atoms with Crippen LogP contribution in [0.1, 0.15) is 18.4 Å². The number of anilines is 2. The van der Waals surface area contributed by atoms with Crippen LogP contribution >= 0.6 is 0 Å². The predicted molar refractivity (Wildman–Crippen MR) is 97.9 cm³/mol. The van der Waals surface area contributed by atoms with Crippen molar-refractivity contribution in [3.8, 4) is 0 Å². The molecule has 0 fully saturated rings. The molecule has 0 aliphatic heterocycles. The Labute approximate surface area is 155 Å². The average molecular weight is 400 g/mol. The Morgan fingerprint density at radius 2 is 1.63 bits per heavy atom. The topological polar surface area (TPSA) is 66.5 Å². The fourth-order valence-corrected chi connectivity index (χ4v) is 3.40. The van der Waals surface area contributed by atoms with Gasteiger partial charge >= 0.3 is 6.18 Å². The first-order valence-electron chi connectivity index (χ1n) is 8.07. The number of amides is 1. The molecule has 9 heteroatoms. The summed E-state index contributed by atoms with van der Waals surface area (Å²) in [5.41, 5.74) is -0.0497. The molecule has 27 heavy (non-hydrogen) atoms. The molecule has 0 heterocycles. The molecular formula is C18H19F3N2O3S. The monoisotopic (exact) mass is 400 g/mol. The third-order valence-corrected chi connectivity index (χ3v) is 4.90. The van der Waals surface area contributed by atoms with Gasteiger partial charge in [-0.15, -0.1) is 0 Å². The zero-order valence-electron chi connectivity index (χ0n) is 14.5. The molecule has 1 amide bonds. The Kier molecular flexibility index (Phi) is 6.48. The molecule has 5 nitrogen and oxygen atoms in total. The highest BCUT2D eigenvalue weighted by molar-refractivity contribution is 7.92. The largest absolute Gasteiger partial charge is 0.416 e. The minimum absolute atomic E-state index is 0.0277. The maximum Gasteiger partial charge on any atom is 0.416 e. The van der Waals surface area contributed by atoms with Crippen molar-refractivity contribution in [1.82, 2.24) is 0 Å². The van der Waals surface area contributed by atoms with E-state index < -0.39 is 27.7 Å². The first-order valence-corrected chi connectivity index (χ1v) is 9.92. The maximum absolute atomic E-state index is 12.5.